The zero-order chi connectivity index (χ0) is 13.0. The van der Waals surface area contributed by atoms with Crippen LogP contribution in [0.25, 0.3) is 10.8 Å². The molecule has 92 valence electrons. The molecule has 1 aromatic heterocycles. The van der Waals surface area contributed by atoms with Crippen molar-refractivity contribution in [2.45, 2.75) is 0 Å². The summed E-state index contributed by atoms with van der Waals surface area (Å²) in [5.41, 5.74) is 0. The molecule has 1 aromatic carbocycles. The smallest absolute Gasteiger partial charge is 0.323 e. The van der Waals surface area contributed by atoms with Crippen LogP contribution >= 0.6 is 0 Å². The number of hydrogen-bond acceptors (Lipinski definition) is 3. The first kappa shape index (κ1) is 12.1. The Balaban J connectivity index is 2.49. The fraction of sp³-hybridized carbons (Fsp3) is 0.143. The Kier molecular flexibility index (Phi) is 3.57. The maximum Gasteiger partial charge on any atom is 0.323 e. The van der Waals surface area contributed by atoms with Crippen molar-refractivity contribution in [2.24, 2.45) is 0 Å². The Hall–Kier alpha value is -2.36. The second kappa shape index (κ2) is 5.31. The molecule has 1 N–H and O–H groups in total. The highest BCUT2D eigenvalue weighted by atomic mass is 16.4. The van der Waals surface area contributed by atoms with Crippen molar-refractivity contribution >= 4 is 22.6 Å². The summed E-state index contributed by atoms with van der Waals surface area (Å²) < 4.78 is 0. The van der Waals surface area contributed by atoms with Crippen LogP contribution in [0.1, 0.15) is 0 Å². The SMILES string of the molecule is C=CCN(CC(=O)O)c1nccc2ccccc12. The summed E-state index contributed by atoms with van der Waals surface area (Å²) in [5.74, 6) is -0.206. The van der Waals surface area contributed by atoms with E-state index in [1.165, 1.54) is 0 Å². The predicted octanol–water partition coefficient (Wildman–Crippen LogP) is 2.31. The van der Waals surface area contributed by atoms with Gasteiger partial charge in [-0.15, -0.1) is 6.58 Å². The van der Waals surface area contributed by atoms with Gasteiger partial charge in [0.1, 0.15) is 12.4 Å². The maximum atomic E-state index is 10.9. The number of rotatable bonds is 5. The zero-order valence-electron chi connectivity index (χ0n) is 9.91. The zero-order valence-corrected chi connectivity index (χ0v) is 9.91. The van der Waals surface area contributed by atoms with Gasteiger partial charge in [-0.1, -0.05) is 30.3 Å². The molecule has 4 heteroatoms. The Bertz CT molecular complexity index is 576. The summed E-state index contributed by atoms with van der Waals surface area (Å²) in [7, 11) is 0. The van der Waals surface area contributed by atoms with E-state index in [0.29, 0.717) is 12.4 Å². The van der Waals surface area contributed by atoms with Crippen LogP contribution in [0.4, 0.5) is 5.82 Å². The molecular weight excluding hydrogens is 228 g/mol. The number of benzene rings is 1. The molecule has 1 heterocycles. The Morgan fingerprint density at radius 3 is 2.89 bits per heavy atom. The van der Waals surface area contributed by atoms with Gasteiger partial charge in [0.2, 0.25) is 0 Å². The summed E-state index contributed by atoms with van der Waals surface area (Å²) in [6.45, 7) is 4.01. The number of anilines is 1. The molecule has 0 saturated heterocycles. The standard InChI is InChI=1S/C14H14N2O2/c1-2-9-16(10-13(17)18)14-12-6-4-3-5-11(12)7-8-15-14/h2-8H,1,9-10H2,(H,17,18). The van der Waals surface area contributed by atoms with Gasteiger partial charge in [0.25, 0.3) is 0 Å². The van der Waals surface area contributed by atoms with E-state index < -0.39 is 5.97 Å². The van der Waals surface area contributed by atoms with Crippen molar-refractivity contribution in [1.82, 2.24) is 4.98 Å². The third-order valence-corrected chi connectivity index (χ3v) is 2.63. The van der Waals surface area contributed by atoms with E-state index in [-0.39, 0.29) is 6.54 Å². The summed E-state index contributed by atoms with van der Waals surface area (Å²) in [5, 5.41) is 10.9. The number of nitrogens with zero attached hydrogens (tertiary/aromatic N) is 2. The fourth-order valence-electron chi connectivity index (χ4n) is 1.90. The van der Waals surface area contributed by atoms with E-state index in [0.717, 1.165) is 10.8 Å². The van der Waals surface area contributed by atoms with Gasteiger partial charge in [0.05, 0.1) is 0 Å². The van der Waals surface area contributed by atoms with Crippen molar-refractivity contribution < 1.29 is 9.90 Å². The average Bonchev–Trinajstić information content (AvgIpc) is 2.37. The van der Waals surface area contributed by atoms with Gasteiger partial charge in [-0.3, -0.25) is 4.79 Å². The van der Waals surface area contributed by atoms with Gasteiger partial charge in [-0.25, -0.2) is 4.98 Å². The Morgan fingerprint density at radius 1 is 1.39 bits per heavy atom. The molecule has 18 heavy (non-hydrogen) atoms. The van der Waals surface area contributed by atoms with Crippen molar-refractivity contribution in [3.05, 3.63) is 49.2 Å². The van der Waals surface area contributed by atoms with Gasteiger partial charge < -0.3 is 10.0 Å². The van der Waals surface area contributed by atoms with Crippen LogP contribution in [-0.4, -0.2) is 29.1 Å². The van der Waals surface area contributed by atoms with Gasteiger partial charge in [0.15, 0.2) is 0 Å². The largest absolute Gasteiger partial charge is 0.480 e. The highest BCUT2D eigenvalue weighted by Crippen LogP contribution is 2.23. The van der Waals surface area contributed by atoms with E-state index in [1.807, 2.05) is 30.3 Å². The van der Waals surface area contributed by atoms with Crippen molar-refractivity contribution in [2.75, 3.05) is 18.0 Å². The van der Waals surface area contributed by atoms with E-state index in [4.69, 9.17) is 5.11 Å². The summed E-state index contributed by atoms with van der Waals surface area (Å²) in [6.07, 6.45) is 3.36. The van der Waals surface area contributed by atoms with Crippen LogP contribution in [0, 0.1) is 0 Å². The molecule has 0 aliphatic rings. The molecule has 0 unspecified atom stereocenters. The molecule has 2 rings (SSSR count). The third-order valence-electron chi connectivity index (χ3n) is 2.63. The maximum absolute atomic E-state index is 10.9. The molecule has 0 bridgehead atoms. The molecule has 0 saturated carbocycles. The minimum absolute atomic E-state index is 0.0903. The lowest BCUT2D eigenvalue weighted by Gasteiger charge is -2.21. The van der Waals surface area contributed by atoms with Crippen LogP contribution in [0.5, 0.6) is 0 Å². The lowest BCUT2D eigenvalue weighted by molar-refractivity contribution is -0.135. The quantitative estimate of drug-likeness (QED) is 0.817. The molecule has 0 aliphatic heterocycles. The highest BCUT2D eigenvalue weighted by molar-refractivity contribution is 5.93. The van der Waals surface area contributed by atoms with Crippen LogP contribution in [0.2, 0.25) is 0 Å². The molecule has 2 aromatic rings. The van der Waals surface area contributed by atoms with Crippen molar-refractivity contribution in [3.8, 4) is 0 Å². The molecular formula is C14H14N2O2. The van der Waals surface area contributed by atoms with E-state index in [9.17, 15) is 4.79 Å². The first-order chi connectivity index (χ1) is 8.72. The van der Waals surface area contributed by atoms with Crippen LogP contribution in [0.15, 0.2) is 49.2 Å². The lowest BCUT2D eigenvalue weighted by atomic mass is 10.1. The Morgan fingerprint density at radius 2 is 2.17 bits per heavy atom. The molecule has 0 atom stereocenters. The predicted molar refractivity (Wildman–Crippen MR) is 71.8 cm³/mol. The number of pyridine rings is 1. The number of carboxylic acid groups (broad SMARTS) is 1. The molecule has 0 aliphatic carbocycles. The van der Waals surface area contributed by atoms with Crippen LogP contribution in [0.3, 0.4) is 0 Å². The molecule has 0 amide bonds. The fourth-order valence-corrected chi connectivity index (χ4v) is 1.90. The number of carboxylic acids is 1. The lowest BCUT2D eigenvalue weighted by Crippen LogP contribution is -2.30. The molecule has 0 radical (unpaired) electrons. The first-order valence-electron chi connectivity index (χ1n) is 5.64. The molecule has 4 nitrogen and oxygen atoms in total. The average molecular weight is 242 g/mol. The first-order valence-corrected chi connectivity index (χ1v) is 5.64. The normalized spacial score (nSPS) is 10.2. The molecule has 0 spiro atoms. The van der Waals surface area contributed by atoms with Crippen LogP contribution in [-0.2, 0) is 4.79 Å². The van der Waals surface area contributed by atoms with E-state index in [1.54, 1.807) is 17.2 Å². The number of carbonyl (C=O) groups is 1. The molecule has 0 fully saturated rings. The topological polar surface area (TPSA) is 53.4 Å². The van der Waals surface area contributed by atoms with Gasteiger partial charge in [0, 0.05) is 18.1 Å². The monoisotopic (exact) mass is 242 g/mol. The van der Waals surface area contributed by atoms with Gasteiger partial charge >= 0.3 is 5.97 Å². The summed E-state index contributed by atoms with van der Waals surface area (Å²) in [6, 6.07) is 9.69. The van der Waals surface area contributed by atoms with Crippen molar-refractivity contribution in [3.63, 3.8) is 0 Å². The number of aromatic nitrogens is 1. The number of aliphatic carboxylic acids is 1. The number of fused-ring (bicyclic) bond motifs is 1. The van der Waals surface area contributed by atoms with Gasteiger partial charge in [-0.05, 0) is 11.5 Å². The van der Waals surface area contributed by atoms with E-state index in [2.05, 4.69) is 11.6 Å². The number of hydrogen-bond donors (Lipinski definition) is 1. The van der Waals surface area contributed by atoms with Gasteiger partial charge in [-0.2, -0.15) is 0 Å². The van der Waals surface area contributed by atoms with Crippen LogP contribution < -0.4 is 4.90 Å². The second-order valence-electron chi connectivity index (χ2n) is 3.92. The highest BCUT2D eigenvalue weighted by Gasteiger charge is 2.13. The third kappa shape index (κ3) is 2.48. The minimum atomic E-state index is -0.883. The minimum Gasteiger partial charge on any atom is -0.480 e. The van der Waals surface area contributed by atoms with E-state index >= 15 is 0 Å². The summed E-state index contributed by atoms with van der Waals surface area (Å²) in [4.78, 5) is 16.9. The summed E-state index contributed by atoms with van der Waals surface area (Å²) >= 11 is 0. The Labute approximate surface area is 105 Å². The second-order valence-corrected chi connectivity index (χ2v) is 3.92. The van der Waals surface area contributed by atoms with Crippen molar-refractivity contribution in [1.29, 1.82) is 0 Å².